The molecular weight excluding hydrogens is 458 g/mol. The van der Waals surface area contributed by atoms with Gasteiger partial charge in [-0.05, 0) is 43.3 Å². The van der Waals surface area contributed by atoms with Gasteiger partial charge in [-0.15, -0.1) is 0 Å². The first-order valence-corrected chi connectivity index (χ1v) is 11.3. The normalized spacial score (nSPS) is 10.7. The van der Waals surface area contributed by atoms with Crippen molar-refractivity contribution < 1.29 is 4.79 Å². The van der Waals surface area contributed by atoms with E-state index in [-0.39, 0.29) is 11.7 Å². The van der Waals surface area contributed by atoms with E-state index in [1.165, 1.54) is 11.8 Å². The molecule has 0 radical (unpaired) electrons. The van der Waals surface area contributed by atoms with E-state index in [2.05, 4.69) is 42.9 Å². The van der Waals surface area contributed by atoms with E-state index in [0.29, 0.717) is 0 Å². The Morgan fingerprint density at radius 2 is 1.70 bits per heavy atom. The number of halogens is 1. The van der Waals surface area contributed by atoms with Crippen molar-refractivity contribution in [2.75, 3.05) is 11.1 Å². The largest absolute Gasteiger partial charge is 0.325 e. The third kappa shape index (κ3) is 4.83. The minimum atomic E-state index is -0.0587. The second kappa shape index (κ2) is 9.32. The molecule has 0 aliphatic carbocycles. The molecule has 4 aromatic rings. The summed E-state index contributed by atoms with van der Waals surface area (Å²) in [5, 5.41) is 3.72. The third-order valence-electron chi connectivity index (χ3n) is 4.55. The van der Waals surface area contributed by atoms with Crippen molar-refractivity contribution in [3.05, 3.63) is 95.1 Å². The number of carbonyl (C=O) groups is 1. The molecule has 0 fully saturated rings. The molecular formula is C24H20BrN3OS. The van der Waals surface area contributed by atoms with Crippen LogP contribution in [0, 0.1) is 6.92 Å². The first-order valence-electron chi connectivity index (χ1n) is 9.48. The van der Waals surface area contributed by atoms with Crippen LogP contribution >= 0.6 is 27.7 Å². The van der Waals surface area contributed by atoms with Crippen molar-refractivity contribution >= 4 is 39.3 Å². The third-order valence-corrected chi connectivity index (χ3v) is 6.03. The maximum Gasteiger partial charge on any atom is 0.234 e. The van der Waals surface area contributed by atoms with Gasteiger partial charge in [0.2, 0.25) is 5.91 Å². The van der Waals surface area contributed by atoms with Gasteiger partial charge in [-0.25, -0.2) is 4.98 Å². The molecule has 4 rings (SSSR count). The minimum absolute atomic E-state index is 0.0587. The van der Waals surface area contributed by atoms with Crippen LogP contribution in [-0.4, -0.2) is 21.2 Å². The molecule has 1 N–H and O–H groups in total. The summed E-state index contributed by atoms with van der Waals surface area (Å²) in [7, 11) is 0. The highest BCUT2D eigenvalue weighted by atomic mass is 79.9. The van der Waals surface area contributed by atoms with E-state index in [1.54, 1.807) is 0 Å². The summed E-state index contributed by atoms with van der Waals surface area (Å²) in [6, 6.07) is 26.0. The molecule has 0 aliphatic rings. The number of imidazole rings is 1. The van der Waals surface area contributed by atoms with Crippen molar-refractivity contribution in [2.45, 2.75) is 12.1 Å². The molecule has 150 valence electrons. The zero-order valence-corrected chi connectivity index (χ0v) is 18.8. The first kappa shape index (κ1) is 20.4. The van der Waals surface area contributed by atoms with Crippen molar-refractivity contribution in [3.8, 4) is 16.9 Å². The number of para-hydroxylation sites is 1. The molecule has 0 bridgehead atoms. The lowest BCUT2D eigenvalue weighted by atomic mass is 10.1. The number of thioether (sulfide) groups is 1. The number of amides is 1. The summed E-state index contributed by atoms with van der Waals surface area (Å²) >= 11 is 4.91. The van der Waals surface area contributed by atoms with Crippen LogP contribution < -0.4 is 5.32 Å². The molecule has 4 nitrogen and oxygen atoms in total. The number of aryl methyl sites for hydroxylation is 1. The summed E-state index contributed by atoms with van der Waals surface area (Å²) in [5.74, 6) is 0.217. The van der Waals surface area contributed by atoms with Crippen LogP contribution in [0.3, 0.4) is 0 Å². The molecule has 1 aromatic heterocycles. The van der Waals surface area contributed by atoms with Crippen LogP contribution in [0.1, 0.15) is 5.56 Å². The van der Waals surface area contributed by atoms with Crippen LogP contribution in [0.15, 0.2) is 94.7 Å². The SMILES string of the molecule is Cc1ccc(NC(=O)CSc2ncc(-c3ccc(Br)cc3)n2-c2ccccc2)cc1. The van der Waals surface area contributed by atoms with Crippen molar-refractivity contribution in [3.63, 3.8) is 0 Å². The number of aromatic nitrogens is 2. The number of anilines is 1. The van der Waals surface area contributed by atoms with Gasteiger partial charge >= 0.3 is 0 Å². The smallest absolute Gasteiger partial charge is 0.234 e. The number of benzene rings is 3. The fourth-order valence-electron chi connectivity index (χ4n) is 3.05. The standard InChI is InChI=1S/C24H20BrN3OS/c1-17-7-13-20(14-8-17)27-23(29)16-30-24-26-15-22(18-9-11-19(25)12-10-18)28(24)21-5-3-2-4-6-21/h2-15H,16H2,1H3,(H,27,29). The Balaban J connectivity index is 1.57. The zero-order valence-electron chi connectivity index (χ0n) is 16.4. The van der Waals surface area contributed by atoms with E-state index in [0.717, 1.165) is 37.8 Å². The molecule has 0 saturated carbocycles. The fraction of sp³-hybridized carbons (Fsp3) is 0.0833. The lowest BCUT2D eigenvalue weighted by Gasteiger charge is -2.12. The van der Waals surface area contributed by atoms with Crippen molar-refractivity contribution in [1.29, 1.82) is 0 Å². The number of hydrogen-bond acceptors (Lipinski definition) is 3. The highest BCUT2D eigenvalue weighted by Gasteiger charge is 2.15. The summed E-state index contributed by atoms with van der Waals surface area (Å²) in [4.78, 5) is 17.1. The van der Waals surface area contributed by atoms with Gasteiger partial charge in [0.15, 0.2) is 5.16 Å². The predicted molar refractivity (Wildman–Crippen MR) is 127 cm³/mol. The van der Waals surface area contributed by atoms with Gasteiger partial charge in [-0.3, -0.25) is 9.36 Å². The second-order valence-electron chi connectivity index (χ2n) is 6.81. The number of hydrogen-bond donors (Lipinski definition) is 1. The average molecular weight is 478 g/mol. The van der Waals surface area contributed by atoms with Gasteiger partial charge in [-0.1, -0.05) is 75.7 Å². The number of nitrogens with zero attached hydrogens (tertiary/aromatic N) is 2. The van der Waals surface area contributed by atoms with Gasteiger partial charge in [-0.2, -0.15) is 0 Å². The monoisotopic (exact) mass is 477 g/mol. The van der Waals surface area contributed by atoms with Crippen LogP contribution in [0.2, 0.25) is 0 Å². The van der Waals surface area contributed by atoms with E-state index in [4.69, 9.17) is 0 Å². The molecule has 1 heterocycles. The molecule has 0 atom stereocenters. The Hall–Kier alpha value is -2.83. The van der Waals surface area contributed by atoms with Crippen LogP contribution in [-0.2, 0) is 4.79 Å². The van der Waals surface area contributed by atoms with Gasteiger partial charge in [0, 0.05) is 21.4 Å². The molecule has 0 saturated heterocycles. The molecule has 0 spiro atoms. The average Bonchev–Trinajstić information content (AvgIpc) is 3.19. The second-order valence-corrected chi connectivity index (χ2v) is 8.66. The summed E-state index contributed by atoms with van der Waals surface area (Å²) in [6.07, 6.45) is 1.86. The van der Waals surface area contributed by atoms with Gasteiger partial charge < -0.3 is 5.32 Å². The quantitative estimate of drug-likeness (QED) is 0.329. The molecule has 0 aliphatic heterocycles. The Bertz CT molecular complexity index is 1140. The minimum Gasteiger partial charge on any atom is -0.325 e. The molecule has 3 aromatic carbocycles. The first-order chi connectivity index (χ1) is 14.6. The molecule has 1 amide bonds. The van der Waals surface area contributed by atoms with E-state index in [1.807, 2.05) is 79.9 Å². The molecule has 6 heteroatoms. The Kier molecular flexibility index (Phi) is 6.35. The maximum absolute atomic E-state index is 12.5. The van der Waals surface area contributed by atoms with Crippen LogP contribution in [0.5, 0.6) is 0 Å². The van der Waals surface area contributed by atoms with Crippen LogP contribution in [0.25, 0.3) is 16.9 Å². The maximum atomic E-state index is 12.5. The lowest BCUT2D eigenvalue weighted by Crippen LogP contribution is -2.14. The summed E-state index contributed by atoms with van der Waals surface area (Å²) in [5.41, 5.74) is 5.01. The number of carbonyl (C=O) groups excluding carboxylic acids is 1. The van der Waals surface area contributed by atoms with Crippen LogP contribution in [0.4, 0.5) is 5.69 Å². The topological polar surface area (TPSA) is 46.9 Å². The van der Waals surface area contributed by atoms with Crippen molar-refractivity contribution in [1.82, 2.24) is 9.55 Å². The lowest BCUT2D eigenvalue weighted by molar-refractivity contribution is -0.113. The zero-order chi connectivity index (χ0) is 20.9. The fourth-order valence-corrected chi connectivity index (χ4v) is 4.11. The van der Waals surface area contributed by atoms with E-state index >= 15 is 0 Å². The number of nitrogens with one attached hydrogen (secondary N) is 1. The highest BCUT2D eigenvalue weighted by molar-refractivity contribution is 9.10. The predicted octanol–water partition coefficient (Wildman–Crippen LogP) is 6.34. The highest BCUT2D eigenvalue weighted by Crippen LogP contribution is 2.30. The van der Waals surface area contributed by atoms with E-state index in [9.17, 15) is 4.79 Å². The van der Waals surface area contributed by atoms with Gasteiger partial charge in [0.1, 0.15) is 0 Å². The van der Waals surface area contributed by atoms with E-state index < -0.39 is 0 Å². The summed E-state index contributed by atoms with van der Waals surface area (Å²) in [6.45, 7) is 2.02. The summed E-state index contributed by atoms with van der Waals surface area (Å²) < 4.78 is 3.12. The Morgan fingerprint density at radius 1 is 1.00 bits per heavy atom. The Labute approximate surface area is 188 Å². The van der Waals surface area contributed by atoms with Gasteiger partial charge in [0.05, 0.1) is 17.6 Å². The number of rotatable bonds is 6. The van der Waals surface area contributed by atoms with Gasteiger partial charge in [0.25, 0.3) is 0 Å². The Morgan fingerprint density at radius 3 is 2.40 bits per heavy atom. The van der Waals surface area contributed by atoms with Crippen molar-refractivity contribution in [2.24, 2.45) is 0 Å². The molecule has 0 unspecified atom stereocenters. The molecule has 30 heavy (non-hydrogen) atoms.